The molecule has 4 nitrogen and oxygen atoms in total. The van der Waals surface area contributed by atoms with E-state index >= 15 is 0 Å². The van der Waals surface area contributed by atoms with Gasteiger partial charge in [-0.1, -0.05) is 6.07 Å². The predicted octanol–water partition coefficient (Wildman–Crippen LogP) is 2.15. The Morgan fingerprint density at radius 1 is 1.29 bits per heavy atom. The van der Waals surface area contributed by atoms with Crippen LogP contribution in [0, 0.1) is 0 Å². The third-order valence-electron chi connectivity index (χ3n) is 4.62. The molecule has 1 saturated heterocycles. The zero-order valence-electron chi connectivity index (χ0n) is 12.6. The van der Waals surface area contributed by atoms with Crippen LogP contribution in [0.15, 0.2) is 18.2 Å². The van der Waals surface area contributed by atoms with Gasteiger partial charge in [-0.15, -0.1) is 0 Å². The van der Waals surface area contributed by atoms with Crippen molar-refractivity contribution in [1.82, 2.24) is 15.6 Å². The summed E-state index contributed by atoms with van der Waals surface area (Å²) in [6.07, 6.45) is 7.28. The van der Waals surface area contributed by atoms with E-state index < -0.39 is 0 Å². The molecule has 1 aromatic heterocycles. The SMILES string of the molecule is O=C(CCc1cccc([C@@H]2CCCNC2)n1)NC1CCC1. The minimum Gasteiger partial charge on any atom is -0.353 e. The molecule has 1 aliphatic carbocycles. The number of nitrogens with zero attached hydrogens (tertiary/aromatic N) is 1. The van der Waals surface area contributed by atoms with Crippen LogP contribution in [0.4, 0.5) is 0 Å². The van der Waals surface area contributed by atoms with Crippen LogP contribution < -0.4 is 10.6 Å². The highest BCUT2D eigenvalue weighted by Gasteiger charge is 2.19. The maximum atomic E-state index is 11.9. The van der Waals surface area contributed by atoms with E-state index in [2.05, 4.69) is 22.8 Å². The molecule has 0 unspecified atom stereocenters. The molecule has 114 valence electrons. The number of carbonyl (C=O) groups excluding carboxylic acids is 1. The number of aryl methyl sites for hydroxylation is 1. The van der Waals surface area contributed by atoms with Crippen LogP contribution in [-0.2, 0) is 11.2 Å². The van der Waals surface area contributed by atoms with Crippen molar-refractivity contribution in [2.75, 3.05) is 13.1 Å². The lowest BCUT2D eigenvalue weighted by Crippen LogP contribution is -2.39. The van der Waals surface area contributed by atoms with E-state index in [4.69, 9.17) is 4.98 Å². The Morgan fingerprint density at radius 2 is 2.19 bits per heavy atom. The molecule has 2 aliphatic rings. The summed E-state index contributed by atoms with van der Waals surface area (Å²) in [5, 5.41) is 6.52. The summed E-state index contributed by atoms with van der Waals surface area (Å²) in [5.41, 5.74) is 2.22. The maximum Gasteiger partial charge on any atom is 0.220 e. The molecule has 1 aromatic rings. The average molecular weight is 287 g/mol. The Morgan fingerprint density at radius 3 is 2.90 bits per heavy atom. The first-order valence-corrected chi connectivity index (χ1v) is 8.27. The van der Waals surface area contributed by atoms with Gasteiger partial charge in [0.2, 0.25) is 5.91 Å². The van der Waals surface area contributed by atoms with Gasteiger partial charge < -0.3 is 10.6 Å². The van der Waals surface area contributed by atoms with Crippen LogP contribution in [0.5, 0.6) is 0 Å². The molecule has 1 saturated carbocycles. The second-order valence-electron chi connectivity index (χ2n) is 6.29. The molecule has 2 N–H and O–H groups in total. The van der Waals surface area contributed by atoms with Crippen LogP contribution in [0.25, 0.3) is 0 Å². The van der Waals surface area contributed by atoms with Crippen molar-refractivity contribution in [1.29, 1.82) is 0 Å². The van der Waals surface area contributed by atoms with Gasteiger partial charge in [-0.3, -0.25) is 9.78 Å². The minimum absolute atomic E-state index is 0.172. The number of rotatable bonds is 5. The molecule has 1 atom stereocenters. The zero-order valence-corrected chi connectivity index (χ0v) is 12.6. The Kier molecular flexibility index (Phi) is 4.86. The van der Waals surface area contributed by atoms with Crippen molar-refractivity contribution in [3.05, 3.63) is 29.6 Å². The number of carbonyl (C=O) groups is 1. The lowest BCUT2D eigenvalue weighted by Gasteiger charge is -2.26. The van der Waals surface area contributed by atoms with Gasteiger partial charge in [-0.05, 0) is 57.2 Å². The standard InChI is InChI=1S/C17H25N3O/c21-17(20-14-5-1-6-14)10-9-15-7-2-8-16(19-15)13-4-3-11-18-12-13/h2,7-8,13-14,18H,1,3-6,9-12H2,(H,20,21)/t13-/m1/s1. The molecule has 0 bridgehead atoms. The van der Waals surface area contributed by atoms with Crippen molar-refractivity contribution < 1.29 is 4.79 Å². The van der Waals surface area contributed by atoms with Crippen LogP contribution in [0.1, 0.15) is 55.8 Å². The molecule has 21 heavy (non-hydrogen) atoms. The molecular weight excluding hydrogens is 262 g/mol. The Labute approximate surface area is 126 Å². The topological polar surface area (TPSA) is 54.0 Å². The van der Waals surface area contributed by atoms with Crippen molar-refractivity contribution in [2.24, 2.45) is 0 Å². The average Bonchev–Trinajstić information content (AvgIpc) is 2.50. The number of nitrogens with one attached hydrogen (secondary N) is 2. The highest BCUT2D eigenvalue weighted by molar-refractivity contribution is 5.76. The number of piperidine rings is 1. The lowest BCUT2D eigenvalue weighted by atomic mass is 9.93. The summed E-state index contributed by atoms with van der Waals surface area (Å²) in [5.74, 6) is 0.703. The van der Waals surface area contributed by atoms with Crippen LogP contribution in [0.2, 0.25) is 0 Å². The Bertz CT molecular complexity index is 479. The maximum absolute atomic E-state index is 11.9. The van der Waals surface area contributed by atoms with Gasteiger partial charge in [-0.25, -0.2) is 0 Å². The smallest absolute Gasteiger partial charge is 0.220 e. The summed E-state index contributed by atoms with van der Waals surface area (Å²) in [6, 6.07) is 6.67. The van der Waals surface area contributed by atoms with E-state index in [1.54, 1.807) is 0 Å². The highest BCUT2D eigenvalue weighted by Crippen LogP contribution is 2.22. The van der Waals surface area contributed by atoms with Gasteiger partial charge in [0, 0.05) is 36.3 Å². The number of hydrogen-bond donors (Lipinski definition) is 2. The summed E-state index contributed by atoms with van der Waals surface area (Å²) in [6.45, 7) is 2.15. The molecule has 2 fully saturated rings. The summed E-state index contributed by atoms with van der Waals surface area (Å²) < 4.78 is 0. The fourth-order valence-electron chi connectivity index (χ4n) is 3.06. The highest BCUT2D eigenvalue weighted by atomic mass is 16.1. The fraction of sp³-hybridized carbons (Fsp3) is 0.647. The molecule has 0 radical (unpaired) electrons. The normalized spacial score (nSPS) is 22.6. The quantitative estimate of drug-likeness (QED) is 0.872. The van der Waals surface area contributed by atoms with E-state index in [-0.39, 0.29) is 5.91 Å². The molecule has 0 spiro atoms. The fourth-order valence-corrected chi connectivity index (χ4v) is 3.06. The Balaban J connectivity index is 1.51. The summed E-state index contributed by atoms with van der Waals surface area (Å²) in [4.78, 5) is 16.6. The predicted molar refractivity (Wildman–Crippen MR) is 83.2 cm³/mol. The number of pyridine rings is 1. The first-order valence-electron chi connectivity index (χ1n) is 8.27. The molecule has 2 heterocycles. The third-order valence-corrected chi connectivity index (χ3v) is 4.62. The summed E-state index contributed by atoms with van der Waals surface area (Å²) >= 11 is 0. The van der Waals surface area contributed by atoms with Crippen molar-refractivity contribution in [3.8, 4) is 0 Å². The number of amides is 1. The van der Waals surface area contributed by atoms with Crippen molar-refractivity contribution in [3.63, 3.8) is 0 Å². The third kappa shape index (κ3) is 4.03. The largest absolute Gasteiger partial charge is 0.353 e. The van der Waals surface area contributed by atoms with E-state index in [9.17, 15) is 4.79 Å². The van der Waals surface area contributed by atoms with E-state index in [1.807, 2.05) is 6.07 Å². The van der Waals surface area contributed by atoms with E-state index in [0.717, 1.165) is 38.0 Å². The first kappa shape index (κ1) is 14.5. The second kappa shape index (κ2) is 7.03. The van der Waals surface area contributed by atoms with Gasteiger partial charge in [0.1, 0.15) is 0 Å². The lowest BCUT2D eigenvalue weighted by molar-refractivity contribution is -0.122. The van der Waals surface area contributed by atoms with Crippen LogP contribution in [0.3, 0.4) is 0 Å². The van der Waals surface area contributed by atoms with E-state index in [1.165, 1.54) is 25.0 Å². The van der Waals surface area contributed by atoms with Crippen molar-refractivity contribution >= 4 is 5.91 Å². The summed E-state index contributed by atoms with van der Waals surface area (Å²) in [7, 11) is 0. The Hall–Kier alpha value is -1.42. The number of aromatic nitrogens is 1. The van der Waals surface area contributed by atoms with Crippen molar-refractivity contribution in [2.45, 2.75) is 56.9 Å². The molecule has 1 amide bonds. The van der Waals surface area contributed by atoms with E-state index in [0.29, 0.717) is 18.4 Å². The molecule has 1 aliphatic heterocycles. The van der Waals surface area contributed by atoms with Gasteiger partial charge in [-0.2, -0.15) is 0 Å². The molecule has 0 aromatic carbocycles. The van der Waals surface area contributed by atoms with Gasteiger partial charge in [0.15, 0.2) is 0 Å². The monoisotopic (exact) mass is 287 g/mol. The minimum atomic E-state index is 0.172. The zero-order chi connectivity index (χ0) is 14.5. The van der Waals surface area contributed by atoms with Crippen LogP contribution >= 0.6 is 0 Å². The van der Waals surface area contributed by atoms with Gasteiger partial charge in [0.25, 0.3) is 0 Å². The second-order valence-corrected chi connectivity index (χ2v) is 6.29. The van der Waals surface area contributed by atoms with Gasteiger partial charge >= 0.3 is 0 Å². The first-order chi connectivity index (χ1) is 10.3. The molecule has 4 heteroatoms. The molecule has 3 rings (SSSR count). The molecular formula is C17H25N3O. The van der Waals surface area contributed by atoms with Crippen LogP contribution in [-0.4, -0.2) is 30.0 Å². The number of hydrogen-bond acceptors (Lipinski definition) is 3. The van der Waals surface area contributed by atoms with Gasteiger partial charge in [0.05, 0.1) is 0 Å².